The molecule has 9 heteroatoms. The fourth-order valence-electron chi connectivity index (χ4n) is 3.38. The molecule has 0 spiro atoms. The van der Waals surface area contributed by atoms with Gasteiger partial charge in [-0.3, -0.25) is 0 Å². The first-order valence-corrected chi connectivity index (χ1v) is 12.0. The zero-order valence-electron chi connectivity index (χ0n) is 17.7. The van der Waals surface area contributed by atoms with Gasteiger partial charge in [0.15, 0.2) is 5.96 Å². The SMILES string of the molecule is CCCS(=O)(=O)N1CCC(NC(=NCc2nccn2CC(C)C)NCC)CC1. The molecule has 1 aliphatic heterocycles. The van der Waals surface area contributed by atoms with Gasteiger partial charge in [-0.05, 0) is 32.1 Å². The number of imidazole rings is 1. The van der Waals surface area contributed by atoms with Gasteiger partial charge in [0, 0.05) is 44.6 Å². The molecule has 8 nitrogen and oxygen atoms in total. The summed E-state index contributed by atoms with van der Waals surface area (Å²) >= 11 is 0. The molecule has 0 atom stereocenters. The Balaban J connectivity index is 1.93. The highest BCUT2D eigenvalue weighted by molar-refractivity contribution is 7.89. The Bertz CT molecular complexity index is 721. The summed E-state index contributed by atoms with van der Waals surface area (Å²) in [6.45, 7) is 11.7. The monoisotopic (exact) mass is 412 g/mol. The minimum atomic E-state index is -3.10. The third-order valence-corrected chi connectivity index (χ3v) is 6.81. The number of aromatic nitrogens is 2. The van der Waals surface area contributed by atoms with E-state index in [4.69, 9.17) is 4.99 Å². The number of piperidine rings is 1. The van der Waals surface area contributed by atoms with Crippen LogP contribution in [0.15, 0.2) is 17.4 Å². The molecule has 160 valence electrons. The van der Waals surface area contributed by atoms with Crippen LogP contribution in [0.4, 0.5) is 0 Å². The first-order chi connectivity index (χ1) is 13.4. The van der Waals surface area contributed by atoms with E-state index in [0.29, 0.717) is 32.0 Å². The molecule has 2 N–H and O–H groups in total. The van der Waals surface area contributed by atoms with E-state index in [0.717, 1.165) is 37.7 Å². The van der Waals surface area contributed by atoms with E-state index in [1.807, 2.05) is 26.2 Å². The summed E-state index contributed by atoms with van der Waals surface area (Å²) in [4.78, 5) is 9.12. The zero-order valence-corrected chi connectivity index (χ0v) is 18.5. The molecule has 1 aromatic rings. The highest BCUT2D eigenvalue weighted by Crippen LogP contribution is 2.15. The van der Waals surface area contributed by atoms with Gasteiger partial charge in [0.2, 0.25) is 10.0 Å². The van der Waals surface area contributed by atoms with Gasteiger partial charge in [0.25, 0.3) is 0 Å². The molecular weight excluding hydrogens is 376 g/mol. The summed E-state index contributed by atoms with van der Waals surface area (Å²) in [5.74, 6) is 2.50. The molecule has 1 fully saturated rings. The maximum atomic E-state index is 12.2. The van der Waals surface area contributed by atoms with Gasteiger partial charge in [0.05, 0.1) is 5.75 Å². The van der Waals surface area contributed by atoms with Crippen molar-refractivity contribution in [3.63, 3.8) is 0 Å². The maximum absolute atomic E-state index is 12.2. The van der Waals surface area contributed by atoms with Crippen molar-refractivity contribution < 1.29 is 8.42 Å². The molecular formula is C19H36N6O2S. The lowest BCUT2D eigenvalue weighted by Crippen LogP contribution is -2.50. The smallest absolute Gasteiger partial charge is 0.214 e. The Labute approximate surface area is 169 Å². The molecule has 0 saturated carbocycles. The Morgan fingerprint density at radius 1 is 1.32 bits per heavy atom. The lowest BCUT2D eigenvalue weighted by Gasteiger charge is -2.32. The van der Waals surface area contributed by atoms with E-state index in [9.17, 15) is 8.42 Å². The number of nitrogens with one attached hydrogen (secondary N) is 2. The van der Waals surface area contributed by atoms with Crippen molar-refractivity contribution in [2.75, 3.05) is 25.4 Å². The van der Waals surface area contributed by atoms with Gasteiger partial charge >= 0.3 is 0 Å². The van der Waals surface area contributed by atoms with Crippen LogP contribution in [-0.2, 0) is 23.1 Å². The van der Waals surface area contributed by atoms with Crippen molar-refractivity contribution in [1.29, 1.82) is 0 Å². The molecule has 1 saturated heterocycles. The molecule has 2 rings (SSSR count). The quantitative estimate of drug-likeness (QED) is 0.477. The van der Waals surface area contributed by atoms with Gasteiger partial charge in [-0.1, -0.05) is 20.8 Å². The molecule has 0 bridgehead atoms. The molecule has 0 aromatic carbocycles. The van der Waals surface area contributed by atoms with Crippen LogP contribution in [0.2, 0.25) is 0 Å². The largest absolute Gasteiger partial charge is 0.357 e. The average Bonchev–Trinajstić information content (AvgIpc) is 3.06. The van der Waals surface area contributed by atoms with E-state index in [1.54, 1.807) is 4.31 Å². The third-order valence-electron chi connectivity index (χ3n) is 4.74. The molecule has 0 unspecified atom stereocenters. The highest BCUT2D eigenvalue weighted by Gasteiger charge is 2.27. The molecule has 0 amide bonds. The molecule has 28 heavy (non-hydrogen) atoms. The van der Waals surface area contributed by atoms with Crippen LogP contribution in [0, 0.1) is 5.92 Å². The first kappa shape index (κ1) is 22.7. The standard InChI is InChI=1S/C19H36N6O2S/c1-5-13-28(26,27)25-10-7-17(8-11-25)23-19(20-6-2)22-14-18-21-9-12-24(18)15-16(3)4/h9,12,16-17H,5-8,10-11,13-15H2,1-4H3,(H2,20,22,23). The zero-order chi connectivity index (χ0) is 20.6. The van der Waals surface area contributed by atoms with Gasteiger partial charge < -0.3 is 15.2 Å². The number of hydrogen-bond acceptors (Lipinski definition) is 4. The number of guanidine groups is 1. The van der Waals surface area contributed by atoms with Crippen LogP contribution in [0.25, 0.3) is 0 Å². The summed E-state index contributed by atoms with van der Waals surface area (Å²) < 4.78 is 28.2. The second-order valence-electron chi connectivity index (χ2n) is 7.72. The molecule has 1 aromatic heterocycles. The van der Waals surface area contributed by atoms with Crippen molar-refractivity contribution in [2.45, 2.75) is 66.1 Å². The molecule has 2 heterocycles. The van der Waals surface area contributed by atoms with Gasteiger partial charge in [0.1, 0.15) is 12.4 Å². The van der Waals surface area contributed by atoms with Crippen LogP contribution in [0.5, 0.6) is 0 Å². The van der Waals surface area contributed by atoms with Crippen LogP contribution < -0.4 is 10.6 Å². The fourth-order valence-corrected chi connectivity index (χ4v) is 4.92. The summed E-state index contributed by atoms with van der Waals surface area (Å²) in [6.07, 6.45) is 6.05. The van der Waals surface area contributed by atoms with E-state index in [2.05, 4.69) is 34.0 Å². The minimum absolute atomic E-state index is 0.223. The first-order valence-electron chi connectivity index (χ1n) is 10.4. The van der Waals surface area contributed by atoms with E-state index >= 15 is 0 Å². The normalized spacial score (nSPS) is 17.2. The number of nitrogens with zero attached hydrogens (tertiary/aromatic N) is 4. The lowest BCUT2D eigenvalue weighted by molar-refractivity contribution is 0.306. The van der Waals surface area contributed by atoms with Gasteiger partial charge in [-0.2, -0.15) is 0 Å². The number of sulfonamides is 1. The van der Waals surface area contributed by atoms with Crippen LogP contribution in [0.1, 0.15) is 52.8 Å². The van der Waals surface area contributed by atoms with Gasteiger partial charge in [-0.15, -0.1) is 0 Å². The second kappa shape index (κ2) is 10.8. The second-order valence-corrected chi connectivity index (χ2v) is 9.81. The predicted octanol–water partition coefficient (Wildman–Crippen LogP) is 1.80. The van der Waals surface area contributed by atoms with Crippen LogP contribution in [-0.4, -0.2) is 59.7 Å². The topological polar surface area (TPSA) is 91.6 Å². The fraction of sp³-hybridized carbons (Fsp3) is 0.789. The minimum Gasteiger partial charge on any atom is -0.357 e. The van der Waals surface area contributed by atoms with Crippen molar-refractivity contribution in [1.82, 2.24) is 24.5 Å². The average molecular weight is 413 g/mol. The lowest BCUT2D eigenvalue weighted by atomic mass is 10.1. The van der Waals surface area contributed by atoms with Crippen LogP contribution in [0.3, 0.4) is 0 Å². The molecule has 0 radical (unpaired) electrons. The van der Waals surface area contributed by atoms with Crippen molar-refractivity contribution >= 4 is 16.0 Å². The summed E-state index contributed by atoms with van der Waals surface area (Å²) in [6, 6.07) is 0.223. The van der Waals surface area contributed by atoms with E-state index in [-0.39, 0.29) is 11.8 Å². The maximum Gasteiger partial charge on any atom is 0.214 e. The summed E-state index contributed by atoms with van der Waals surface area (Å²) in [5, 5.41) is 6.75. The van der Waals surface area contributed by atoms with E-state index < -0.39 is 10.0 Å². The Morgan fingerprint density at radius 3 is 2.64 bits per heavy atom. The van der Waals surface area contributed by atoms with Crippen molar-refractivity contribution in [2.24, 2.45) is 10.9 Å². The third kappa shape index (κ3) is 6.77. The highest BCUT2D eigenvalue weighted by atomic mass is 32.2. The van der Waals surface area contributed by atoms with Crippen molar-refractivity contribution in [3.05, 3.63) is 18.2 Å². The summed E-state index contributed by atoms with van der Waals surface area (Å²) in [7, 11) is -3.10. The van der Waals surface area contributed by atoms with E-state index in [1.165, 1.54) is 0 Å². The number of hydrogen-bond donors (Lipinski definition) is 2. The van der Waals surface area contributed by atoms with Gasteiger partial charge in [-0.25, -0.2) is 22.7 Å². The number of rotatable bonds is 9. The van der Waals surface area contributed by atoms with Crippen LogP contribution >= 0.6 is 0 Å². The summed E-state index contributed by atoms with van der Waals surface area (Å²) in [5.41, 5.74) is 0. The molecule has 1 aliphatic rings. The number of aliphatic imine (C=N–C) groups is 1. The Hall–Kier alpha value is -1.61. The molecule has 0 aliphatic carbocycles. The van der Waals surface area contributed by atoms with Crippen molar-refractivity contribution in [3.8, 4) is 0 Å². The Morgan fingerprint density at radius 2 is 2.04 bits per heavy atom. The Kier molecular flexibility index (Phi) is 8.75. The predicted molar refractivity (Wildman–Crippen MR) is 114 cm³/mol.